The molecule has 8 nitrogen and oxygen atoms in total. The lowest BCUT2D eigenvalue weighted by Crippen LogP contribution is -2.49. The second-order valence-electron chi connectivity index (χ2n) is 7.18. The minimum atomic E-state index is -0.0906. The molecule has 0 N–H and O–H groups in total. The number of carbonyl (C=O) groups is 2. The SMILES string of the molecule is CN(C)C(=O)N1CCC[C@@H](C(=O)N2CCCN(c3ncccn3)CC2)C1. The highest BCUT2D eigenvalue weighted by atomic mass is 16.2. The highest BCUT2D eigenvalue weighted by molar-refractivity contribution is 5.81. The van der Waals surface area contributed by atoms with Crippen LogP contribution >= 0.6 is 0 Å². The molecule has 2 fully saturated rings. The zero-order chi connectivity index (χ0) is 18.5. The lowest BCUT2D eigenvalue weighted by molar-refractivity contribution is -0.136. The van der Waals surface area contributed by atoms with Gasteiger partial charge in [-0.15, -0.1) is 0 Å². The molecule has 0 radical (unpaired) electrons. The van der Waals surface area contributed by atoms with Gasteiger partial charge in [0, 0.05) is 65.8 Å². The van der Waals surface area contributed by atoms with Gasteiger partial charge in [-0.05, 0) is 25.3 Å². The fourth-order valence-corrected chi connectivity index (χ4v) is 3.69. The van der Waals surface area contributed by atoms with Gasteiger partial charge in [0.1, 0.15) is 0 Å². The van der Waals surface area contributed by atoms with Crippen molar-refractivity contribution in [3.8, 4) is 0 Å². The fraction of sp³-hybridized carbons (Fsp3) is 0.667. The van der Waals surface area contributed by atoms with Crippen LogP contribution in [0.5, 0.6) is 0 Å². The highest BCUT2D eigenvalue weighted by Gasteiger charge is 2.32. The summed E-state index contributed by atoms with van der Waals surface area (Å²) in [7, 11) is 3.51. The third-order valence-electron chi connectivity index (χ3n) is 5.07. The number of piperidine rings is 1. The minimum Gasteiger partial charge on any atom is -0.341 e. The van der Waals surface area contributed by atoms with Crippen molar-refractivity contribution in [3.63, 3.8) is 0 Å². The van der Waals surface area contributed by atoms with E-state index in [4.69, 9.17) is 0 Å². The first-order valence-corrected chi connectivity index (χ1v) is 9.33. The summed E-state index contributed by atoms with van der Waals surface area (Å²) in [6.45, 7) is 4.28. The summed E-state index contributed by atoms with van der Waals surface area (Å²) in [6.07, 6.45) is 6.13. The van der Waals surface area contributed by atoms with Crippen LogP contribution in [-0.2, 0) is 4.79 Å². The Labute approximate surface area is 154 Å². The van der Waals surface area contributed by atoms with Gasteiger partial charge in [0.2, 0.25) is 11.9 Å². The number of anilines is 1. The maximum absolute atomic E-state index is 13.0. The van der Waals surface area contributed by atoms with E-state index in [0.717, 1.165) is 51.4 Å². The summed E-state index contributed by atoms with van der Waals surface area (Å²) in [4.78, 5) is 41.3. The third-order valence-corrected chi connectivity index (χ3v) is 5.07. The van der Waals surface area contributed by atoms with E-state index in [1.165, 1.54) is 0 Å². The van der Waals surface area contributed by atoms with Crippen LogP contribution in [0, 0.1) is 5.92 Å². The molecule has 1 aromatic heterocycles. The Morgan fingerprint density at radius 2 is 1.73 bits per heavy atom. The molecule has 26 heavy (non-hydrogen) atoms. The number of urea groups is 1. The molecule has 3 amide bonds. The van der Waals surface area contributed by atoms with Gasteiger partial charge in [-0.3, -0.25) is 4.79 Å². The summed E-state index contributed by atoms with van der Waals surface area (Å²) >= 11 is 0. The van der Waals surface area contributed by atoms with Gasteiger partial charge in [-0.25, -0.2) is 14.8 Å². The minimum absolute atomic E-state index is 0.00855. The molecule has 3 heterocycles. The largest absolute Gasteiger partial charge is 0.341 e. The molecule has 2 saturated heterocycles. The Kier molecular flexibility index (Phi) is 5.90. The molecule has 1 atom stereocenters. The first kappa shape index (κ1) is 18.4. The van der Waals surface area contributed by atoms with Crippen LogP contribution in [-0.4, -0.2) is 90.0 Å². The maximum Gasteiger partial charge on any atom is 0.319 e. The average Bonchev–Trinajstić information content (AvgIpc) is 2.94. The van der Waals surface area contributed by atoms with E-state index in [9.17, 15) is 9.59 Å². The standard InChI is InChI=1S/C18H28N6O2/c1-21(2)18(26)24-9-3-6-15(14-24)16(25)22-10-5-11-23(13-12-22)17-19-7-4-8-20-17/h4,7-8,15H,3,5-6,9-14H2,1-2H3/t15-/m1/s1. The molecular formula is C18H28N6O2. The van der Waals surface area contributed by atoms with E-state index >= 15 is 0 Å². The summed E-state index contributed by atoms with van der Waals surface area (Å²) in [6, 6.07) is 1.80. The van der Waals surface area contributed by atoms with Crippen LogP contribution < -0.4 is 4.90 Å². The van der Waals surface area contributed by atoms with Crippen LogP contribution in [0.3, 0.4) is 0 Å². The number of aromatic nitrogens is 2. The van der Waals surface area contributed by atoms with E-state index in [0.29, 0.717) is 13.1 Å². The highest BCUT2D eigenvalue weighted by Crippen LogP contribution is 2.21. The van der Waals surface area contributed by atoms with E-state index < -0.39 is 0 Å². The van der Waals surface area contributed by atoms with Gasteiger partial charge in [0.05, 0.1) is 5.92 Å². The molecule has 3 rings (SSSR count). The topological polar surface area (TPSA) is 72.9 Å². The van der Waals surface area contributed by atoms with Gasteiger partial charge in [0.25, 0.3) is 0 Å². The number of carbonyl (C=O) groups excluding carboxylic acids is 2. The van der Waals surface area contributed by atoms with Crippen LogP contribution in [0.25, 0.3) is 0 Å². The van der Waals surface area contributed by atoms with Crippen molar-refractivity contribution in [1.82, 2.24) is 24.7 Å². The second kappa shape index (κ2) is 8.33. The van der Waals surface area contributed by atoms with E-state index in [1.807, 2.05) is 4.90 Å². The Morgan fingerprint density at radius 1 is 1.00 bits per heavy atom. The zero-order valence-electron chi connectivity index (χ0n) is 15.7. The Hall–Kier alpha value is -2.38. The number of nitrogens with zero attached hydrogens (tertiary/aromatic N) is 6. The quantitative estimate of drug-likeness (QED) is 0.784. The average molecular weight is 360 g/mol. The monoisotopic (exact) mass is 360 g/mol. The molecule has 0 bridgehead atoms. The van der Waals surface area contributed by atoms with Crippen molar-refractivity contribution >= 4 is 17.9 Å². The predicted octanol–water partition coefficient (Wildman–Crippen LogP) is 0.909. The molecule has 2 aliphatic heterocycles. The first-order chi connectivity index (χ1) is 12.6. The third kappa shape index (κ3) is 4.23. The van der Waals surface area contributed by atoms with Gasteiger partial charge in [-0.1, -0.05) is 0 Å². The second-order valence-corrected chi connectivity index (χ2v) is 7.18. The van der Waals surface area contributed by atoms with E-state index in [1.54, 1.807) is 42.4 Å². The molecule has 0 saturated carbocycles. The number of amides is 3. The van der Waals surface area contributed by atoms with Crippen LogP contribution in [0.4, 0.5) is 10.7 Å². The number of hydrogen-bond donors (Lipinski definition) is 0. The van der Waals surface area contributed by atoms with Crippen LogP contribution in [0.15, 0.2) is 18.5 Å². The summed E-state index contributed by atoms with van der Waals surface area (Å²) in [5.74, 6) is 0.812. The van der Waals surface area contributed by atoms with Gasteiger partial charge >= 0.3 is 6.03 Å². The van der Waals surface area contributed by atoms with Gasteiger partial charge < -0.3 is 19.6 Å². The van der Waals surface area contributed by atoms with Crippen molar-refractivity contribution in [3.05, 3.63) is 18.5 Å². The molecular weight excluding hydrogens is 332 g/mol. The van der Waals surface area contributed by atoms with Crippen molar-refractivity contribution in [2.45, 2.75) is 19.3 Å². The molecule has 0 aromatic carbocycles. The van der Waals surface area contributed by atoms with Crippen molar-refractivity contribution in [1.29, 1.82) is 0 Å². The van der Waals surface area contributed by atoms with Crippen molar-refractivity contribution in [2.24, 2.45) is 5.92 Å². The summed E-state index contributed by atoms with van der Waals surface area (Å²) < 4.78 is 0. The molecule has 2 aliphatic rings. The molecule has 0 aliphatic carbocycles. The zero-order valence-corrected chi connectivity index (χ0v) is 15.7. The molecule has 1 aromatic rings. The maximum atomic E-state index is 13.0. The predicted molar refractivity (Wildman–Crippen MR) is 98.8 cm³/mol. The van der Waals surface area contributed by atoms with Gasteiger partial charge in [-0.2, -0.15) is 0 Å². The van der Waals surface area contributed by atoms with E-state index in [-0.39, 0.29) is 17.9 Å². The number of likely N-dealkylation sites (tertiary alicyclic amines) is 1. The normalized spacial score (nSPS) is 21.3. The van der Waals surface area contributed by atoms with Crippen molar-refractivity contribution < 1.29 is 9.59 Å². The molecule has 0 spiro atoms. The lowest BCUT2D eigenvalue weighted by atomic mass is 9.96. The number of hydrogen-bond acceptors (Lipinski definition) is 5. The van der Waals surface area contributed by atoms with E-state index in [2.05, 4.69) is 14.9 Å². The van der Waals surface area contributed by atoms with Crippen LogP contribution in [0.1, 0.15) is 19.3 Å². The summed E-state index contributed by atoms with van der Waals surface area (Å²) in [5, 5.41) is 0. The fourth-order valence-electron chi connectivity index (χ4n) is 3.69. The number of rotatable bonds is 2. The Morgan fingerprint density at radius 3 is 2.46 bits per heavy atom. The molecule has 8 heteroatoms. The Balaban J connectivity index is 1.58. The summed E-state index contributed by atoms with van der Waals surface area (Å²) in [5.41, 5.74) is 0. The van der Waals surface area contributed by atoms with Crippen molar-refractivity contribution in [2.75, 3.05) is 58.3 Å². The Bertz CT molecular complexity index is 623. The molecule has 142 valence electrons. The smallest absolute Gasteiger partial charge is 0.319 e. The first-order valence-electron chi connectivity index (χ1n) is 9.33. The lowest BCUT2D eigenvalue weighted by Gasteiger charge is -2.35. The molecule has 0 unspecified atom stereocenters. The van der Waals surface area contributed by atoms with Gasteiger partial charge in [0.15, 0.2) is 0 Å². The van der Waals surface area contributed by atoms with Crippen LogP contribution in [0.2, 0.25) is 0 Å².